The Morgan fingerprint density at radius 2 is 2.10 bits per heavy atom. The summed E-state index contributed by atoms with van der Waals surface area (Å²) in [5, 5.41) is 0. The van der Waals surface area contributed by atoms with Gasteiger partial charge in [0.05, 0.1) is 5.92 Å². The molecular weight excluding hydrogens is 268 g/mol. The number of hydrogen-bond donors (Lipinski definition) is 0. The molecule has 0 spiro atoms. The third kappa shape index (κ3) is 2.02. The maximum absolute atomic E-state index is 12.2. The van der Waals surface area contributed by atoms with Crippen molar-refractivity contribution in [2.75, 3.05) is 6.61 Å². The Kier molecular flexibility index (Phi) is 3.19. The van der Waals surface area contributed by atoms with Gasteiger partial charge in [-0.3, -0.25) is 9.59 Å². The fourth-order valence-corrected chi connectivity index (χ4v) is 5.00. The number of esters is 2. The summed E-state index contributed by atoms with van der Waals surface area (Å²) < 4.78 is 10.8. The number of cyclic esters (lactones) is 1. The van der Waals surface area contributed by atoms with Crippen LogP contribution in [0.5, 0.6) is 0 Å². The van der Waals surface area contributed by atoms with E-state index in [1.165, 1.54) is 6.92 Å². The van der Waals surface area contributed by atoms with E-state index in [0.717, 1.165) is 24.8 Å². The molecule has 0 N–H and O–H groups in total. The van der Waals surface area contributed by atoms with E-state index in [0.29, 0.717) is 12.5 Å². The fourth-order valence-electron chi connectivity index (χ4n) is 5.00. The van der Waals surface area contributed by atoms with Crippen LogP contribution in [0.4, 0.5) is 0 Å². The molecule has 1 heterocycles. The predicted octanol–water partition coefficient (Wildman–Crippen LogP) is 2.86. The highest BCUT2D eigenvalue weighted by Crippen LogP contribution is 2.61. The lowest BCUT2D eigenvalue weighted by Gasteiger charge is -2.57. The minimum atomic E-state index is -0.219. The molecule has 0 bridgehead atoms. The van der Waals surface area contributed by atoms with Crippen molar-refractivity contribution in [2.24, 2.45) is 22.7 Å². The van der Waals surface area contributed by atoms with E-state index in [1.807, 2.05) is 0 Å². The van der Waals surface area contributed by atoms with Crippen LogP contribution in [-0.2, 0) is 19.1 Å². The third-order valence-electron chi connectivity index (χ3n) is 6.04. The van der Waals surface area contributed by atoms with E-state index < -0.39 is 0 Å². The molecule has 0 amide bonds. The summed E-state index contributed by atoms with van der Waals surface area (Å²) in [6.07, 6.45) is 4.76. The van der Waals surface area contributed by atoms with Gasteiger partial charge in [0.15, 0.2) is 0 Å². The second-order valence-corrected chi connectivity index (χ2v) is 7.57. The van der Waals surface area contributed by atoms with Crippen molar-refractivity contribution in [3.05, 3.63) is 11.6 Å². The number of fused-ring (bicyclic) bond motifs is 3. The first kappa shape index (κ1) is 14.6. The van der Waals surface area contributed by atoms with Crippen LogP contribution in [0.25, 0.3) is 0 Å². The smallest absolute Gasteiger partial charge is 0.314 e. The molecule has 116 valence electrons. The first-order valence-electron chi connectivity index (χ1n) is 7.79. The summed E-state index contributed by atoms with van der Waals surface area (Å²) in [4.78, 5) is 23.6. The minimum Gasteiger partial charge on any atom is -0.462 e. The average Bonchev–Trinajstić information content (AvgIpc) is 2.76. The van der Waals surface area contributed by atoms with E-state index >= 15 is 0 Å². The molecule has 21 heavy (non-hydrogen) atoms. The van der Waals surface area contributed by atoms with Crippen LogP contribution in [0.2, 0.25) is 0 Å². The van der Waals surface area contributed by atoms with E-state index in [-0.39, 0.29) is 34.8 Å². The molecule has 4 nitrogen and oxygen atoms in total. The first-order valence-corrected chi connectivity index (χ1v) is 7.79. The molecule has 0 aromatic heterocycles. The minimum absolute atomic E-state index is 0.0690. The molecule has 2 fully saturated rings. The van der Waals surface area contributed by atoms with Crippen LogP contribution in [0.1, 0.15) is 47.0 Å². The Morgan fingerprint density at radius 1 is 1.38 bits per heavy atom. The highest BCUT2D eigenvalue weighted by molar-refractivity contribution is 5.80. The van der Waals surface area contributed by atoms with Crippen LogP contribution in [0.15, 0.2) is 11.6 Å². The standard InChI is InChI=1S/C17H24O4/c1-10(18)21-13-7-8-17(4)12(16(13,2)3)6-5-11-9-20-15(19)14(11)17/h5,12-14H,6-9H2,1-4H3. The first-order chi connectivity index (χ1) is 9.76. The normalized spacial score (nSPS) is 40.7. The number of carbonyl (C=O) groups excluding carboxylic acids is 2. The van der Waals surface area contributed by atoms with Crippen molar-refractivity contribution in [3.63, 3.8) is 0 Å². The van der Waals surface area contributed by atoms with E-state index in [9.17, 15) is 9.59 Å². The Labute approximate surface area is 125 Å². The number of allylic oxidation sites excluding steroid dienone is 1. The SMILES string of the molecule is CC(=O)OC1CCC2(C)C3C(=O)OCC3=CCC2C1(C)C. The van der Waals surface area contributed by atoms with Crippen molar-refractivity contribution in [2.45, 2.75) is 53.1 Å². The Bertz CT molecular complexity index is 519. The highest BCUT2D eigenvalue weighted by Gasteiger charge is 2.60. The molecule has 3 rings (SSSR count). The van der Waals surface area contributed by atoms with Crippen LogP contribution < -0.4 is 0 Å². The summed E-state index contributed by atoms with van der Waals surface area (Å²) >= 11 is 0. The maximum atomic E-state index is 12.2. The number of ether oxygens (including phenoxy) is 2. The van der Waals surface area contributed by atoms with Crippen LogP contribution in [0.3, 0.4) is 0 Å². The van der Waals surface area contributed by atoms with Gasteiger partial charge in [-0.2, -0.15) is 0 Å². The Morgan fingerprint density at radius 3 is 2.76 bits per heavy atom. The quantitative estimate of drug-likeness (QED) is 0.551. The van der Waals surface area contributed by atoms with Gasteiger partial charge in [0.25, 0.3) is 0 Å². The van der Waals surface area contributed by atoms with Gasteiger partial charge in [-0.05, 0) is 36.2 Å². The maximum Gasteiger partial charge on any atom is 0.314 e. The zero-order valence-corrected chi connectivity index (χ0v) is 13.3. The molecule has 0 aromatic rings. The molecule has 1 aliphatic heterocycles. The largest absolute Gasteiger partial charge is 0.462 e. The molecule has 2 aliphatic carbocycles. The second-order valence-electron chi connectivity index (χ2n) is 7.57. The van der Waals surface area contributed by atoms with Gasteiger partial charge in [-0.1, -0.05) is 26.8 Å². The van der Waals surface area contributed by atoms with Gasteiger partial charge < -0.3 is 9.47 Å². The zero-order valence-electron chi connectivity index (χ0n) is 13.3. The number of carbonyl (C=O) groups is 2. The Hall–Kier alpha value is -1.32. The lowest BCUT2D eigenvalue weighted by Crippen LogP contribution is -2.55. The number of hydrogen-bond acceptors (Lipinski definition) is 4. The Balaban J connectivity index is 1.96. The van der Waals surface area contributed by atoms with E-state index in [2.05, 4.69) is 26.8 Å². The van der Waals surface area contributed by atoms with Crippen molar-refractivity contribution in [3.8, 4) is 0 Å². The molecule has 3 aliphatic rings. The lowest BCUT2D eigenvalue weighted by atomic mass is 9.48. The van der Waals surface area contributed by atoms with E-state index in [1.54, 1.807) is 0 Å². The van der Waals surface area contributed by atoms with Crippen LogP contribution in [-0.4, -0.2) is 24.6 Å². The van der Waals surface area contributed by atoms with E-state index in [4.69, 9.17) is 9.47 Å². The van der Waals surface area contributed by atoms with Crippen molar-refractivity contribution in [1.82, 2.24) is 0 Å². The summed E-state index contributed by atoms with van der Waals surface area (Å²) in [6, 6.07) is 0. The molecule has 4 unspecified atom stereocenters. The molecule has 0 aromatic carbocycles. The van der Waals surface area contributed by atoms with Gasteiger partial charge in [-0.25, -0.2) is 0 Å². The van der Waals surface area contributed by atoms with Gasteiger partial charge in [-0.15, -0.1) is 0 Å². The van der Waals surface area contributed by atoms with Crippen molar-refractivity contribution in [1.29, 1.82) is 0 Å². The molecule has 1 saturated carbocycles. The molecule has 4 atom stereocenters. The summed E-state index contributed by atoms with van der Waals surface area (Å²) in [5.41, 5.74) is 0.932. The lowest BCUT2D eigenvalue weighted by molar-refractivity contribution is -0.175. The summed E-state index contributed by atoms with van der Waals surface area (Å²) in [6.45, 7) is 8.48. The predicted molar refractivity (Wildman–Crippen MR) is 77.3 cm³/mol. The third-order valence-corrected chi connectivity index (χ3v) is 6.04. The molecular formula is C17H24O4. The van der Waals surface area contributed by atoms with Gasteiger partial charge >= 0.3 is 11.9 Å². The zero-order chi connectivity index (χ0) is 15.4. The highest BCUT2D eigenvalue weighted by atomic mass is 16.5. The van der Waals surface area contributed by atoms with Gasteiger partial charge in [0.1, 0.15) is 12.7 Å². The molecule has 4 heteroatoms. The van der Waals surface area contributed by atoms with Crippen LogP contribution >= 0.6 is 0 Å². The van der Waals surface area contributed by atoms with Crippen molar-refractivity contribution < 1.29 is 19.1 Å². The topological polar surface area (TPSA) is 52.6 Å². The summed E-state index contributed by atoms with van der Waals surface area (Å²) in [7, 11) is 0. The second kappa shape index (κ2) is 4.59. The average molecular weight is 292 g/mol. The van der Waals surface area contributed by atoms with Gasteiger partial charge in [0, 0.05) is 12.3 Å². The molecule has 1 saturated heterocycles. The van der Waals surface area contributed by atoms with Crippen LogP contribution in [0, 0.1) is 22.7 Å². The van der Waals surface area contributed by atoms with Gasteiger partial charge in [0.2, 0.25) is 0 Å². The fraction of sp³-hybridized carbons (Fsp3) is 0.765. The number of rotatable bonds is 1. The monoisotopic (exact) mass is 292 g/mol. The molecule has 0 radical (unpaired) electrons. The summed E-state index contributed by atoms with van der Waals surface area (Å²) in [5.74, 6) is -0.0736. The van der Waals surface area contributed by atoms with Crippen molar-refractivity contribution >= 4 is 11.9 Å².